The second-order valence-electron chi connectivity index (χ2n) is 5.39. The predicted octanol–water partition coefficient (Wildman–Crippen LogP) is 0.623. The third-order valence-corrected chi connectivity index (χ3v) is 3.58. The number of piperazine rings is 1. The fraction of sp³-hybridized carbons (Fsp3) is 0.917. The molecule has 2 saturated heterocycles. The molecule has 1 atom stereocenters. The number of carbonyl (C=O) groups is 1. The SMILES string of the molecule is CC1(C)CNCCN1C(=O)C1CCCOC1. The minimum absolute atomic E-state index is 0.0627. The van der Waals surface area contributed by atoms with Crippen molar-refractivity contribution >= 4 is 5.91 Å². The van der Waals surface area contributed by atoms with Gasteiger partial charge in [-0.15, -0.1) is 0 Å². The summed E-state index contributed by atoms with van der Waals surface area (Å²) in [6, 6.07) is 0. The zero-order valence-electron chi connectivity index (χ0n) is 10.3. The Morgan fingerprint density at radius 2 is 2.31 bits per heavy atom. The molecule has 2 heterocycles. The summed E-state index contributed by atoms with van der Waals surface area (Å²) in [7, 11) is 0. The van der Waals surface area contributed by atoms with Crippen LogP contribution in [0.1, 0.15) is 26.7 Å². The maximum Gasteiger partial charge on any atom is 0.228 e. The van der Waals surface area contributed by atoms with Crippen LogP contribution in [0.5, 0.6) is 0 Å². The van der Waals surface area contributed by atoms with Crippen molar-refractivity contribution in [1.82, 2.24) is 10.2 Å². The van der Waals surface area contributed by atoms with Crippen molar-refractivity contribution < 1.29 is 9.53 Å². The van der Waals surface area contributed by atoms with Gasteiger partial charge in [-0.2, -0.15) is 0 Å². The molecule has 2 aliphatic heterocycles. The van der Waals surface area contributed by atoms with E-state index in [1.54, 1.807) is 0 Å². The molecule has 4 heteroatoms. The van der Waals surface area contributed by atoms with Crippen molar-refractivity contribution in [2.45, 2.75) is 32.2 Å². The van der Waals surface area contributed by atoms with Gasteiger partial charge in [0.15, 0.2) is 0 Å². The molecule has 0 aromatic heterocycles. The Labute approximate surface area is 97.3 Å². The zero-order valence-corrected chi connectivity index (χ0v) is 10.3. The van der Waals surface area contributed by atoms with E-state index in [1.807, 2.05) is 4.90 Å². The lowest BCUT2D eigenvalue weighted by atomic mass is 9.94. The summed E-state index contributed by atoms with van der Waals surface area (Å²) in [6.45, 7) is 8.28. The Kier molecular flexibility index (Phi) is 3.50. The van der Waals surface area contributed by atoms with E-state index in [4.69, 9.17) is 4.74 Å². The van der Waals surface area contributed by atoms with E-state index in [2.05, 4.69) is 19.2 Å². The second kappa shape index (κ2) is 4.72. The Hall–Kier alpha value is -0.610. The summed E-state index contributed by atoms with van der Waals surface area (Å²) in [6.07, 6.45) is 2.00. The van der Waals surface area contributed by atoms with Gasteiger partial charge in [0.2, 0.25) is 5.91 Å². The Bertz CT molecular complexity index is 260. The smallest absolute Gasteiger partial charge is 0.228 e. The van der Waals surface area contributed by atoms with Gasteiger partial charge in [0.05, 0.1) is 12.5 Å². The van der Waals surface area contributed by atoms with E-state index < -0.39 is 0 Å². The highest BCUT2D eigenvalue weighted by Crippen LogP contribution is 2.23. The Morgan fingerprint density at radius 1 is 1.50 bits per heavy atom. The number of rotatable bonds is 1. The first-order valence-electron chi connectivity index (χ1n) is 6.21. The summed E-state index contributed by atoms with van der Waals surface area (Å²) in [5.74, 6) is 0.373. The predicted molar refractivity (Wildman–Crippen MR) is 62.2 cm³/mol. The molecule has 0 radical (unpaired) electrons. The van der Waals surface area contributed by atoms with Crippen LogP contribution in [0, 0.1) is 5.92 Å². The molecular formula is C12H22N2O2. The molecule has 0 aromatic rings. The molecule has 0 bridgehead atoms. The Morgan fingerprint density at radius 3 is 2.94 bits per heavy atom. The first-order valence-corrected chi connectivity index (χ1v) is 6.21. The molecule has 1 N–H and O–H groups in total. The van der Waals surface area contributed by atoms with Crippen LogP contribution in [0.3, 0.4) is 0 Å². The van der Waals surface area contributed by atoms with Gasteiger partial charge in [-0.1, -0.05) is 0 Å². The van der Waals surface area contributed by atoms with E-state index in [0.717, 1.165) is 39.1 Å². The number of hydrogen-bond acceptors (Lipinski definition) is 3. The highest BCUT2D eigenvalue weighted by atomic mass is 16.5. The van der Waals surface area contributed by atoms with E-state index in [0.29, 0.717) is 6.61 Å². The van der Waals surface area contributed by atoms with Gasteiger partial charge < -0.3 is 15.0 Å². The van der Waals surface area contributed by atoms with Crippen LogP contribution < -0.4 is 5.32 Å². The topological polar surface area (TPSA) is 41.6 Å². The van der Waals surface area contributed by atoms with Gasteiger partial charge >= 0.3 is 0 Å². The van der Waals surface area contributed by atoms with Crippen LogP contribution >= 0.6 is 0 Å². The van der Waals surface area contributed by atoms with Crippen LogP contribution in [0.2, 0.25) is 0 Å². The molecule has 2 aliphatic rings. The number of carbonyl (C=O) groups excluding carboxylic acids is 1. The largest absolute Gasteiger partial charge is 0.381 e. The average molecular weight is 226 g/mol. The molecule has 2 rings (SSSR count). The number of ether oxygens (including phenoxy) is 1. The number of amides is 1. The van der Waals surface area contributed by atoms with Gasteiger partial charge in [-0.05, 0) is 26.7 Å². The molecule has 0 aromatic carbocycles. The average Bonchev–Trinajstić information content (AvgIpc) is 2.29. The monoisotopic (exact) mass is 226 g/mol. The highest BCUT2D eigenvalue weighted by molar-refractivity contribution is 5.80. The highest BCUT2D eigenvalue weighted by Gasteiger charge is 2.36. The molecule has 1 amide bonds. The summed E-state index contributed by atoms with van der Waals surface area (Å²) in [5.41, 5.74) is -0.0627. The van der Waals surface area contributed by atoms with Crippen LogP contribution in [0.15, 0.2) is 0 Å². The van der Waals surface area contributed by atoms with E-state index in [1.165, 1.54) is 0 Å². The first kappa shape index (κ1) is 11.9. The maximum atomic E-state index is 12.4. The molecule has 0 saturated carbocycles. The van der Waals surface area contributed by atoms with Crippen LogP contribution in [-0.2, 0) is 9.53 Å². The fourth-order valence-electron chi connectivity index (χ4n) is 2.55. The summed E-state index contributed by atoms with van der Waals surface area (Å²) < 4.78 is 5.40. The van der Waals surface area contributed by atoms with Gasteiger partial charge in [-0.3, -0.25) is 4.79 Å². The minimum Gasteiger partial charge on any atom is -0.381 e. The standard InChI is InChI=1S/C12H22N2O2/c1-12(2)9-13-5-6-14(12)11(15)10-4-3-7-16-8-10/h10,13H,3-9H2,1-2H3. The second-order valence-corrected chi connectivity index (χ2v) is 5.39. The van der Waals surface area contributed by atoms with E-state index >= 15 is 0 Å². The molecule has 1 unspecified atom stereocenters. The third kappa shape index (κ3) is 2.38. The van der Waals surface area contributed by atoms with Crippen molar-refractivity contribution in [3.05, 3.63) is 0 Å². The lowest BCUT2D eigenvalue weighted by Crippen LogP contribution is -2.61. The summed E-state index contributed by atoms with van der Waals surface area (Å²) >= 11 is 0. The van der Waals surface area contributed by atoms with E-state index in [-0.39, 0.29) is 17.4 Å². The molecule has 4 nitrogen and oxygen atoms in total. The summed E-state index contributed by atoms with van der Waals surface area (Å²) in [4.78, 5) is 14.4. The molecular weight excluding hydrogens is 204 g/mol. The normalized spacial score (nSPS) is 30.1. The third-order valence-electron chi connectivity index (χ3n) is 3.58. The van der Waals surface area contributed by atoms with Crippen LogP contribution in [0.25, 0.3) is 0 Å². The van der Waals surface area contributed by atoms with Crippen molar-refractivity contribution in [2.75, 3.05) is 32.8 Å². The van der Waals surface area contributed by atoms with Gasteiger partial charge in [0.1, 0.15) is 0 Å². The quantitative estimate of drug-likeness (QED) is 0.713. The minimum atomic E-state index is -0.0627. The van der Waals surface area contributed by atoms with Crippen LogP contribution in [0.4, 0.5) is 0 Å². The van der Waals surface area contributed by atoms with Crippen molar-refractivity contribution in [3.8, 4) is 0 Å². The van der Waals surface area contributed by atoms with Gasteiger partial charge in [0.25, 0.3) is 0 Å². The number of nitrogens with one attached hydrogen (secondary N) is 1. The van der Waals surface area contributed by atoms with Crippen molar-refractivity contribution in [1.29, 1.82) is 0 Å². The van der Waals surface area contributed by atoms with Crippen molar-refractivity contribution in [2.24, 2.45) is 5.92 Å². The van der Waals surface area contributed by atoms with Gasteiger partial charge in [0, 0.05) is 31.8 Å². The maximum absolute atomic E-state index is 12.4. The summed E-state index contributed by atoms with van der Waals surface area (Å²) in [5, 5.41) is 3.34. The molecule has 16 heavy (non-hydrogen) atoms. The lowest BCUT2D eigenvalue weighted by Gasteiger charge is -2.44. The van der Waals surface area contributed by atoms with Gasteiger partial charge in [-0.25, -0.2) is 0 Å². The first-order chi connectivity index (χ1) is 7.61. The number of hydrogen-bond donors (Lipinski definition) is 1. The van der Waals surface area contributed by atoms with Crippen LogP contribution in [-0.4, -0.2) is 49.2 Å². The fourth-order valence-corrected chi connectivity index (χ4v) is 2.55. The molecule has 2 fully saturated rings. The Balaban J connectivity index is 2.01. The zero-order chi connectivity index (χ0) is 11.6. The molecule has 0 spiro atoms. The molecule has 92 valence electrons. The lowest BCUT2D eigenvalue weighted by molar-refractivity contribution is -0.146. The van der Waals surface area contributed by atoms with E-state index in [9.17, 15) is 4.79 Å². The number of nitrogens with zero attached hydrogens (tertiary/aromatic N) is 1. The van der Waals surface area contributed by atoms with Crippen molar-refractivity contribution in [3.63, 3.8) is 0 Å². The molecule has 0 aliphatic carbocycles.